The number of nitrogens with two attached hydrogens (primary N) is 1. The van der Waals surface area contributed by atoms with Gasteiger partial charge in [-0.3, -0.25) is 0 Å². The Morgan fingerprint density at radius 2 is 1.82 bits per heavy atom. The molecular formula is C13H9ClN2O. The van der Waals surface area contributed by atoms with Crippen LogP contribution in [0.1, 0.15) is 0 Å². The highest BCUT2D eigenvalue weighted by atomic mass is 35.5. The predicted octanol–water partition coefficient (Wildman–Crippen LogP) is 3.73. The minimum absolute atomic E-state index is 0.217. The summed E-state index contributed by atoms with van der Waals surface area (Å²) in [6.45, 7) is 0. The van der Waals surface area contributed by atoms with Crippen LogP contribution in [-0.2, 0) is 0 Å². The van der Waals surface area contributed by atoms with Gasteiger partial charge in [-0.15, -0.1) is 0 Å². The highest BCUT2D eigenvalue weighted by molar-refractivity contribution is 6.35. The number of benzene rings is 2. The van der Waals surface area contributed by atoms with E-state index in [1.807, 2.05) is 42.5 Å². The number of halogens is 1. The van der Waals surface area contributed by atoms with E-state index < -0.39 is 0 Å². The van der Waals surface area contributed by atoms with Crippen molar-refractivity contribution in [3.8, 4) is 11.3 Å². The number of hydrogen-bond donors (Lipinski definition) is 1. The molecule has 4 heteroatoms. The number of aromatic nitrogens is 1. The number of anilines is 1. The van der Waals surface area contributed by atoms with Crippen molar-refractivity contribution in [3.63, 3.8) is 0 Å². The van der Waals surface area contributed by atoms with Crippen molar-refractivity contribution in [1.29, 1.82) is 0 Å². The SMILES string of the molecule is Nc1noc(-c2cccc3ccccc23)c1Cl. The lowest BCUT2D eigenvalue weighted by atomic mass is 10.0. The Bertz CT molecular complexity index is 685. The van der Waals surface area contributed by atoms with Crippen LogP contribution < -0.4 is 5.73 Å². The van der Waals surface area contributed by atoms with Crippen molar-refractivity contribution >= 4 is 28.2 Å². The molecule has 84 valence electrons. The quantitative estimate of drug-likeness (QED) is 0.710. The average molecular weight is 245 g/mol. The largest absolute Gasteiger partial charge is 0.380 e. The van der Waals surface area contributed by atoms with E-state index in [0.29, 0.717) is 10.8 Å². The van der Waals surface area contributed by atoms with Gasteiger partial charge in [0.1, 0.15) is 5.02 Å². The van der Waals surface area contributed by atoms with E-state index in [0.717, 1.165) is 16.3 Å². The normalized spacial score (nSPS) is 10.9. The van der Waals surface area contributed by atoms with E-state index in [1.165, 1.54) is 0 Å². The van der Waals surface area contributed by atoms with Gasteiger partial charge in [0.25, 0.3) is 0 Å². The van der Waals surface area contributed by atoms with Gasteiger partial charge in [-0.1, -0.05) is 59.2 Å². The van der Waals surface area contributed by atoms with E-state index >= 15 is 0 Å². The van der Waals surface area contributed by atoms with Crippen LogP contribution in [-0.4, -0.2) is 5.16 Å². The first-order chi connectivity index (χ1) is 8.27. The van der Waals surface area contributed by atoms with Gasteiger partial charge in [0.2, 0.25) is 0 Å². The van der Waals surface area contributed by atoms with E-state index in [1.54, 1.807) is 0 Å². The van der Waals surface area contributed by atoms with E-state index in [2.05, 4.69) is 5.16 Å². The van der Waals surface area contributed by atoms with E-state index in [9.17, 15) is 0 Å². The molecule has 0 amide bonds. The zero-order chi connectivity index (χ0) is 11.8. The van der Waals surface area contributed by atoms with Gasteiger partial charge in [0, 0.05) is 5.56 Å². The molecule has 0 bridgehead atoms. The molecule has 0 spiro atoms. The fourth-order valence-electron chi connectivity index (χ4n) is 1.88. The maximum atomic E-state index is 6.06. The topological polar surface area (TPSA) is 52.0 Å². The lowest BCUT2D eigenvalue weighted by molar-refractivity contribution is 0.436. The van der Waals surface area contributed by atoms with Gasteiger partial charge in [0.05, 0.1) is 0 Å². The zero-order valence-corrected chi connectivity index (χ0v) is 9.61. The number of nitrogen functional groups attached to an aromatic ring is 1. The first kappa shape index (κ1) is 10.2. The van der Waals surface area contributed by atoms with Crippen LogP contribution in [0, 0.1) is 0 Å². The third-order valence-electron chi connectivity index (χ3n) is 2.69. The second-order valence-corrected chi connectivity index (χ2v) is 4.12. The molecule has 0 aliphatic rings. The summed E-state index contributed by atoms with van der Waals surface area (Å²) in [6.07, 6.45) is 0. The van der Waals surface area contributed by atoms with Gasteiger partial charge in [-0.25, -0.2) is 0 Å². The summed E-state index contributed by atoms with van der Waals surface area (Å²) in [5.74, 6) is 0.732. The number of fused-ring (bicyclic) bond motifs is 1. The molecule has 3 rings (SSSR count). The molecule has 3 aromatic rings. The monoisotopic (exact) mass is 244 g/mol. The predicted molar refractivity (Wildman–Crippen MR) is 68.9 cm³/mol. The van der Waals surface area contributed by atoms with Gasteiger partial charge < -0.3 is 10.3 Å². The first-order valence-corrected chi connectivity index (χ1v) is 5.54. The molecular weight excluding hydrogens is 236 g/mol. The molecule has 2 N–H and O–H groups in total. The Hall–Kier alpha value is -2.00. The molecule has 1 aromatic heterocycles. The number of rotatable bonds is 1. The Morgan fingerprint density at radius 1 is 1.06 bits per heavy atom. The molecule has 3 nitrogen and oxygen atoms in total. The average Bonchev–Trinajstić information content (AvgIpc) is 2.69. The fourth-order valence-corrected chi connectivity index (χ4v) is 2.05. The third kappa shape index (κ3) is 1.56. The smallest absolute Gasteiger partial charge is 0.188 e. The van der Waals surface area contributed by atoms with Crippen molar-refractivity contribution in [2.24, 2.45) is 0 Å². The molecule has 0 radical (unpaired) electrons. The Kier molecular flexibility index (Phi) is 2.27. The second-order valence-electron chi connectivity index (χ2n) is 3.74. The lowest BCUT2D eigenvalue weighted by Gasteiger charge is -2.03. The van der Waals surface area contributed by atoms with Gasteiger partial charge >= 0.3 is 0 Å². The molecule has 0 saturated heterocycles. The highest BCUT2D eigenvalue weighted by Crippen LogP contribution is 2.36. The summed E-state index contributed by atoms with van der Waals surface area (Å²) < 4.78 is 5.18. The van der Waals surface area contributed by atoms with Crippen molar-refractivity contribution < 1.29 is 4.52 Å². The summed E-state index contributed by atoms with van der Waals surface area (Å²) in [6, 6.07) is 13.9. The number of nitrogens with zero attached hydrogens (tertiary/aromatic N) is 1. The van der Waals surface area contributed by atoms with Gasteiger partial charge in [0.15, 0.2) is 11.6 Å². The minimum atomic E-state index is 0.217. The molecule has 0 aliphatic carbocycles. The molecule has 2 aromatic carbocycles. The maximum Gasteiger partial charge on any atom is 0.188 e. The van der Waals surface area contributed by atoms with Crippen molar-refractivity contribution in [2.75, 3.05) is 5.73 Å². The second kappa shape index (κ2) is 3.79. The summed E-state index contributed by atoms with van der Waals surface area (Å²) in [4.78, 5) is 0. The lowest BCUT2D eigenvalue weighted by Crippen LogP contribution is -1.83. The molecule has 0 fully saturated rings. The number of hydrogen-bond acceptors (Lipinski definition) is 3. The first-order valence-electron chi connectivity index (χ1n) is 5.16. The van der Waals surface area contributed by atoms with Crippen LogP contribution in [0.4, 0.5) is 5.82 Å². The Balaban J connectivity index is 2.34. The zero-order valence-electron chi connectivity index (χ0n) is 8.85. The standard InChI is InChI=1S/C13H9ClN2O/c14-11-12(17-16-13(11)15)10-7-3-5-8-4-1-2-6-9(8)10/h1-7H,(H2,15,16). The van der Waals surface area contributed by atoms with Crippen molar-refractivity contribution in [1.82, 2.24) is 5.16 Å². The van der Waals surface area contributed by atoms with Crippen LogP contribution in [0.25, 0.3) is 22.1 Å². The van der Waals surface area contributed by atoms with Crippen LogP contribution in [0.15, 0.2) is 47.0 Å². The fraction of sp³-hybridized carbons (Fsp3) is 0. The van der Waals surface area contributed by atoms with Gasteiger partial charge in [-0.05, 0) is 10.8 Å². The van der Waals surface area contributed by atoms with Gasteiger partial charge in [-0.2, -0.15) is 0 Å². The third-order valence-corrected chi connectivity index (χ3v) is 3.06. The summed E-state index contributed by atoms with van der Waals surface area (Å²) in [7, 11) is 0. The Labute approximate surface area is 103 Å². The minimum Gasteiger partial charge on any atom is -0.380 e. The molecule has 1 heterocycles. The summed E-state index contributed by atoms with van der Waals surface area (Å²) in [5.41, 5.74) is 6.49. The summed E-state index contributed by atoms with van der Waals surface area (Å²) in [5, 5.41) is 6.22. The van der Waals surface area contributed by atoms with E-state index in [4.69, 9.17) is 21.9 Å². The van der Waals surface area contributed by atoms with Crippen molar-refractivity contribution in [2.45, 2.75) is 0 Å². The molecule has 17 heavy (non-hydrogen) atoms. The summed E-state index contributed by atoms with van der Waals surface area (Å²) >= 11 is 6.06. The maximum absolute atomic E-state index is 6.06. The van der Waals surface area contributed by atoms with Crippen molar-refractivity contribution in [3.05, 3.63) is 47.5 Å². The van der Waals surface area contributed by atoms with Crippen LogP contribution in [0.5, 0.6) is 0 Å². The highest BCUT2D eigenvalue weighted by Gasteiger charge is 2.15. The van der Waals surface area contributed by atoms with Crippen LogP contribution >= 0.6 is 11.6 Å². The molecule has 0 unspecified atom stereocenters. The molecule has 0 atom stereocenters. The Morgan fingerprint density at radius 3 is 2.59 bits per heavy atom. The molecule has 0 saturated carbocycles. The van der Waals surface area contributed by atoms with Crippen LogP contribution in [0.2, 0.25) is 5.02 Å². The van der Waals surface area contributed by atoms with Crippen LogP contribution in [0.3, 0.4) is 0 Å². The van der Waals surface area contributed by atoms with E-state index in [-0.39, 0.29) is 5.82 Å². The molecule has 0 aliphatic heterocycles.